The van der Waals surface area contributed by atoms with Gasteiger partial charge in [-0.1, -0.05) is 152 Å². The van der Waals surface area contributed by atoms with E-state index >= 15 is 0 Å². The van der Waals surface area contributed by atoms with Gasteiger partial charge in [-0.3, -0.25) is 0 Å². The summed E-state index contributed by atoms with van der Waals surface area (Å²) >= 11 is 0. The lowest BCUT2D eigenvalue weighted by atomic mass is 9.95. The van der Waals surface area contributed by atoms with E-state index in [1.165, 1.54) is 71.6 Å². The van der Waals surface area contributed by atoms with Gasteiger partial charge in [0.1, 0.15) is 5.52 Å². The van der Waals surface area contributed by atoms with E-state index in [1.54, 1.807) is 0 Å². The third-order valence-corrected chi connectivity index (χ3v) is 10.00. The molecule has 10 aromatic rings. The Labute approximate surface area is 290 Å². The lowest BCUT2D eigenvalue weighted by Gasteiger charge is -2.20. The average molecular weight is 635 g/mol. The van der Waals surface area contributed by atoms with Crippen LogP contribution in [0.25, 0.3) is 88.4 Å². The molecular weight excluding hydrogens is 605 g/mol. The smallest absolute Gasteiger partial charge is 0.105 e. The highest BCUT2D eigenvalue weighted by Gasteiger charge is 2.22. The van der Waals surface area contributed by atoms with Gasteiger partial charge in [-0.05, 0) is 59.2 Å². The first kappa shape index (κ1) is 28.2. The molecule has 0 radical (unpaired) electrons. The Bertz CT molecular complexity index is 2730. The molecule has 0 fully saturated rings. The molecule has 2 heterocycles. The molecule has 0 aliphatic carbocycles. The van der Waals surface area contributed by atoms with Gasteiger partial charge in [-0.2, -0.15) is 0 Å². The number of rotatable bonds is 5. The number of fused-ring (bicyclic) bond motifs is 6. The van der Waals surface area contributed by atoms with Crippen LogP contribution in [0, 0.1) is 12.1 Å². The predicted molar refractivity (Wildman–Crippen MR) is 209 cm³/mol. The summed E-state index contributed by atoms with van der Waals surface area (Å²) in [4.78, 5) is 0. The molecular formula is C48H30N2. The fraction of sp³-hybridized carbons (Fsp3) is 0. The standard InChI is InChI=1S/C48H30N2/c1-3-15-33(16-4-1)37-22-13-23-38(34-17-5-2-6-18-34)47(37)50-46-28-12-9-21-42(46)43-25-14-24-39(48(43)50)35-29-31-36(32-30-35)49-44-26-10-7-19-40(44)41-20-8-11-27-45(41)49/h1-10,12-26,28-32H. The van der Waals surface area contributed by atoms with Crippen molar-refractivity contribution in [1.82, 2.24) is 9.13 Å². The molecule has 2 heteroatoms. The van der Waals surface area contributed by atoms with Crippen molar-refractivity contribution in [3.05, 3.63) is 194 Å². The van der Waals surface area contributed by atoms with Crippen LogP contribution >= 0.6 is 0 Å². The molecule has 2 nitrogen and oxygen atoms in total. The summed E-state index contributed by atoms with van der Waals surface area (Å²) in [5.41, 5.74) is 14.0. The Balaban J connectivity index is 1.25. The average Bonchev–Trinajstić information content (AvgIpc) is 3.71. The van der Waals surface area contributed by atoms with Crippen molar-refractivity contribution in [1.29, 1.82) is 0 Å². The predicted octanol–water partition coefficient (Wildman–Crippen LogP) is 12.5. The summed E-state index contributed by atoms with van der Waals surface area (Å²) in [7, 11) is 0. The Morgan fingerprint density at radius 2 is 0.880 bits per heavy atom. The van der Waals surface area contributed by atoms with Gasteiger partial charge in [0.05, 0.1) is 22.2 Å². The van der Waals surface area contributed by atoms with Crippen LogP contribution in [-0.4, -0.2) is 9.13 Å². The minimum Gasteiger partial charge on any atom is -0.307 e. The van der Waals surface area contributed by atoms with E-state index in [-0.39, 0.29) is 0 Å². The lowest BCUT2D eigenvalue weighted by Crippen LogP contribution is -2.01. The number of hydrogen-bond acceptors (Lipinski definition) is 0. The van der Waals surface area contributed by atoms with Gasteiger partial charge < -0.3 is 9.13 Å². The van der Waals surface area contributed by atoms with Gasteiger partial charge in [-0.25, -0.2) is 0 Å². The molecule has 50 heavy (non-hydrogen) atoms. The minimum absolute atomic E-state index is 1.04. The lowest BCUT2D eigenvalue weighted by molar-refractivity contribution is 1.18. The summed E-state index contributed by atoms with van der Waals surface area (Å²) in [6.07, 6.45) is 0. The largest absolute Gasteiger partial charge is 0.307 e. The molecule has 0 amide bonds. The third-order valence-electron chi connectivity index (χ3n) is 10.00. The molecule has 2 aromatic heterocycles. The van der Waals surface area contributed by atoms with E-state index in [0.29, 0.717) is 0 Å². The van der Waals surface area contributed by atoms with Crippen LogP contribution in [0.15, 0.2) is 182 Å². The molecule has 0 aliphatic rings. The summed E-state index contributed by atoms with van der Waals surface area (Å²) < 4.78 is 4.81. The van der Waals surface area contributed by atoms with Gasteiger partial charge >= 0.3 is 0 Å². The van der Waals surface area contributed by atoms with E-state index in [4.69, 9.17) is 0 Å². The van der Waals surface area contributed by atoms with Crippen molar-refractivity contribution in [3.63, 3.8) is 0 Å². The summed E-state index contributed by atoms with van der Waals surface area (Å²) in [6, 6.07) is 72.0. The maximum absolute atomic E-state index is 3.39. The maximum atomic E-state index is 3.39. The SMILES string of the molecule is c1ccc2c3ccccc3n(-c3ccc(-c4cccc5c6ccccc6n(-c6c(-c7ccccc7)cccc6-c6ccccc6)c45)cc3)c2c#1. The van der Waals surface area contributed by atoms with Gasteiger partial charge in [-0.15, -0.1) is 0 Å². The van der Waals surface area contributed by atoms with Gasteiger partial charge in [0.2, 0.25) is 0 Å². The summed E-state index contributed by atoms with van der Waals surface area (Å²) in [5.74, 6) is 0. The number of nitrogens with zero attached hydrogens (tertiary/aromatic N) is 2. The Morgan fingerprint density at radius 3 is 1.56 bits per heavy atom. The van der Waals surface area contributed by atoms with Crippen molar-refractivity contribution in [2.45, 2.75) is 0 Å². The molecule has 8 aromatic carbocycles. The van der Waals surface area contributed by atoms with Crippen LogP contribution in [0.4, 0.5) is 0 Å². The first-order valence-corrected chi connectivity index (χ1v) is 17.0. The van der Waals surface area contributed by atoms with E-state index in [2.05, 4.69) is 197 Å². The highest BCUT2D eigenvalue weighted by molar-refractivity contribution is 6.15. The van der Waals surface area contributed by atoms with Crippen molar-refractivity contribution < 1.29 is 0 Å². The van der Waals surface area contributed by atoms with E-state index < -0.39 is 0 Å². The molecule has 0 spiro atoms. The Morgan fingerprint density at radius 1 is 0.360 bits per heavy atom. The third kappa shape index (κ3) is 4.31. The van der Waals surface area contributed by atoms with E-state index in [1.807, 2.05) is 6.07 Å². The van der Waals surface area contributed by atoms with Crippen LogP contribution in [0.2, 0.25) is 0 Å². The highest BCUT2D eigenvalue weighted by Crippen LogP contribution is 2.44. The van der Waals surface area contributed by atoms with Gasteiger partial charge in [0.25, 0.3) is 0 Å². The number of para-hydroxylation sites is 4. The molecule has 232 valence electrons. The van der Waals surface area contributed by atoms with Crippen LogP contribution in [0.5, 0.6) is 0 Å². The number of aromatic nitrogens is 2. The first-order valence-electron chi connectivity index (χ1n) is 17.0. The molecule has 0 N–H and O–H groups in total. The highest BCUT2D eigenvalue weighted by atomic mass is 15.0. The van der Waals surface area contributed by atoms with Crippen molar-refractivity contribution in [2.75, 3.05) is 0 Å². The quantitative estimate of drug-likeness (QED) is 0.178. The van der Waals surface area contributed by atoms with Crippen molar-refractivity contribution in [3.8, 4) is 44.8 Å². The monoisotopic (exact) mass is 634 g/mol. The maximum Gasteiger partial charge on any atom is 0.105 e. The second-order valence-electron chi connectivity index (χ2n) is 12.8. The molecule has 10 rings (SSSR count). The zero-order valence-corrected chi connectivity index (χ0v) is 27.2. The molecule has 0 saturated heterocycles. The zero-order chi connectivity index (χ0) is 33.0. The van der Waals surface area contributed by atoms with E-state index in [0.717, 1.165) is 16.8 Å². The summed E-state index contributed by atoms with van der Waals surface area (Å²) in [5, 5.41) is 4.87. The zero-order valence-electron chi connectivity index (χ0n) is 27.2. The normalized spacial score (nSPS) is 11.4. The molecule has 0 unspecified atom stereocenters. The number of hydrogen-bond donors (Lipinski definition) is 0. The van der Waals surface area contributed by atoms with E-state index in [9.17, 15) is 0 Å². The molecule has 0 bridgehead atoms. The van der Waals surface area contributed by atoms with Crippen LogP contribution in [-0.2, 0) is 0 Å². The minimum atomic E-state index is 1.04. The fourth-order valence-corrected chi connectivity index (χ4v) is 7.82. The second kappa shape index (κ2) is 11.4. The Hall–Kier alpha value is -6.82. The van der Waals surface area contributed by atoms with Crippen molar-refractivity contribution >= 4 is 43.6 Å². The Kier molecular flexibility index (Phi) is 6.44. The number of benzene rings is 7. The van der Waals surface area contributed by atoms with Crippen LogP contribution in [0.3, 0.4) is 0 Å². The van der Waals surface area contributed by atoms with Crippen molar-refractivity contribution in [2.24, 2.45) is 0 Å². The molecule has 0 aliphatic heterocycles. The van der Waals surface area contributed by atoms with Gasteiger partial charge in [0, 0.05) is 43.9 Å². The second-order valence-corrected chi connectivity index (χ2v) is 12.8. The summed E-state index contributed by atoms with van der Waals surface area (Å²) in [6.45, 7) is 0. The van der Waals surface area contributed by atoms with Crippen LogP contribution in [0.1, 0.15) is 0 Å². The van der Waals surface area contributed by atoms with Crippen LogP contribution < -0.4 is 0 Å². The van der Waals surface area contributed by atoms with Gasteiger partial charge in [0.15, 0.2) is 0 Å². The molecule has 0 atom stereocenters. The topological polar surface area (TPSA) is 9.86 Å². The fourth-order valence-electron chi connectivity index (χ4n) is 7.82. The molecule has 0 saturated carbocycles. The first-order chi connectivity index (χ1) is 24.8.